The molecular weight excluding hydrogens is 340 g/mol. The number of hydrogen-bond donors (Lipinski definition) is 1. The Balaban J connectivity index is 1.65. The largest absolute Gasteiger partial charge is 0.369 e. The SMILES string of the molecule is Cc1cc(C)c(CNC(=O)[C@@H]2CCCN(c3cnn(C)c(=O)c3)C2)c(C)c1. The Kier molecular flexibility index (Phi) is 5.63. The molecule has 0 aliphatic carbocycles. The number of nitrogens with zero attached hydrogens (tertiary/aromatic N) is 3. The van der Waals surface area contributed by atoms with Gasteiger partial charge < -0.3 is 10.2 Å². The minimum absolute atomic E-state index is 0.0751. The van der Waals surface area contributed by atoms with Gasteiger partial charge in [0.2, 0.25) is 5.91 Å². The van der Waals surface area contributed by atoms with Crippen LogP contribution in [0.15, 0.2) is 29.2 Å². The van der Waals surface area contributed by atoms with Gasteiger partial charge in [0, 0.05) is 32.7 Å². The summed E-state index contributed by atoms with van der Waals surface area (Å²) in [5, 5.41) is 7.20. The summed E-state index contributed by atoms with van der Waals surface area (Å²) in [6.45, 7) is 8.28. The van der Waals surface area contributed by atoms with Gasteiger partial charge in [-0.05, 0) is 50.3 Å². The van der Waals surface area contributed by atoms with Crippen LogP contribution < -0.4 is 15.8 Å². The van der Waals surface area contributed by atoms with Crippen LogP contribution in [0.2, 0.25) is 0 Å². The molecule has 1 atom stereocenters. The van der Waals surface area contributed by atoms with Crippen molar-refractivity contribution in [1.82, 2.24) is 15.1 Å². The standard InChI is InChI=1S/C21H28N4O2/c1-14-8-15(2)19(16(3)9-14)12-22-21(27)17-6-5-7-25(13-17)18-10-20(26)24(4)23-11-18/h8-11,17H,5-7,12-13H2,1-4H3,(H,22,27)/t17-/m1/s1. The molecule has 1 aromatic carbocycles. The molecule has 0 unspecified atom stereocenters. The lowest BCUT2D eigenvalue weighted by Crippen LogP contribution is -2.43. The van der Waals surface area contributed by atoms with Crippen LogP contribution in [-0.2, 0) is 18.4 Å². The topological polar surface area (TPSA) is 67.2 Å². The van der Waals surface area contributed by atoms with Crippen LogP contribution >= 0.6 is 0 Å². The van der Waals surface area contributed by atoms with E-state index < -0.39 is 0 Å². The van der Waals surface area contributed by atoms with Crippen LogP contribution in [0.5, 0.6) is 0 Å². The van der Waals surface area contributed by atoms with E-state index in [1.54, 1.807) is 19.3 Å². The number of carbonyl (C=O) groups is 1. The molecule has 2 aromatic rings. The van der Waals surface area contributed by atoms with Crippen LogP contribution in [0.4, 0.5) is 5.69 Å². The Labute approximate surface area is 160 Å². The maximum Gasteiger partial charge on any atom is 0.268 e. The molecule has 0 radical (unpaired) electrons. The molecule has 1 aliphatic rings. The molecular formula is C21H28N4O2. The van der Waals surface area contributed by atoms with Crippen molar-refractivity contribution in [3.05, 3.63) is 57.0 Å². The number of benzene rings is 1. The first-order valence-electron chi connectivity index (χ1n) is 9.48. The zero-order valence-electron chi connectivity index (χ0n) is 16.6. The molecule has 6 heteroatoms. The van der Waals surface area contributed by atoms with Crippen molar-refractivity contribution < 1.29 is 4.79 Å². The number of hydrogen-bond acceptors (Lipinski definition) is 4. The van der Waals surface area contributed by atoms with E-state index in [4.69, 9.17) is 0 Å². The van der Waals surface area contributed by atoms with Crippen LogP contribution in [0.25, 0.3) is 0 Å². The van der Waals surface area contributed by atoms with E-state index in [9.17, 15) is 9.59 Å². The van der Waals surface area contributed by atoms with E-state index in [0.717, 1.165) is 25.1 Å². The summed E-state index contributed by atoms with van der Waals surface area (Å²) in [4.78, 5) is 26.7. The van der Waals surface area contributed by atoms with E-state index in [1.165, 1.54) is 26.9 Å². The lowest BCUT2D eigenvalue weighted by molar-refractivity contribution is -0.125. The summed E-state index contributed by atoms with van der Waals surface area (Å²) in [6.07, 6.45) is 3.49. The summed E-state index contributed by atoms with van der Waals surface area (Å²) >= 11 is 0. The summed E-state index contributed by atoms with van der Waals surface area (Å²) in [7, 11) is 1.63. The third kappa shape index (κ3) is 4.38. The van der Waals surface area contributed by atoms with Crippen LogP contribution in [0.3, 0.4) is 0 Å². The van der Waals surface area contributed by atoms with E-state index in [2.05, 4.69) is 48.2 Å². The zero-order valence-corrected chi connectivity index (χ0v) is 16.6. The first-order chi connectivity index (χ1) is 12.8. The zero-order chi connectivity index (χ0) is 19.6. The third-order valence-corrected chi connectivity index (χ3v) is 5.39. The first kappa shape index (κ1) is 19.1. The summed E-state index contributed by atoms with van der Waals surface area (Å²) in [5.74, 6) is 0.00439. The van der Waals surface area contributed by atoms with Gasteiger partial charge in [-0.2, -0.15) is 5.10 Å². The fraction of sp³-hybridized carbons (Fsp3) is 0.476. The minimum atomic E-state index is -0.135. The highest BCUT2D eigenvalue weighted by atomic mass is 16.2. The first-order valence-corrected chi connectivity index (χ1v) is 9.48. The monoisotopic (exact) mass is 368 g/mol. The second kappa shape index (κ2) is 7.94. The summed E-state index contributed by atoms with van der Waals surface area (Å²) < 4.78 is 1.31. The van der Waals surface area contributed by atoms with Crippen LogP contribution in [-0.4, -0.2) is 28.8 Å². The Morgan fingerprint density at radius 1 is 1.22 bits per heavy atom. The van der Waals surface area contributed by atoms with Gasteiger partial charge in [-0.15, -0.1) is 0 Å². The number of rotatable bonds is 4. The number of carbonyl (C=O) groups excluding carboxylic acids is 1. The number of piperidine rings is 1. The van der Waals surface area contributed by atoms with E-state index in [1.807, 2.05) is 0 Å². The van der Waals surface area contributed by atoms with Gasteiger partial charge in [0.15, 0.2) is 0 Å². The highest BCUT2D eigenvalue weighted by Crippen LogP contribution is 2.22. The molecule has 1 fully saturated rings. The lowest BCUT2D eigenvalue weighted by Gasteiger charge is -2.33. The highest BCUT2D eigenvalue weighted by molar-refractivity contribution is 5.79. The van der Waals surface area contributed by atoms with Gasteiger partial charge in [-0.25, -0.2) is 4.68 Å². The second-order valence-electron chi connectivity index (χ2n) is 7.56. The van der Waals surface area contributed by atoms with Gasteiger partial charge in [0.1, 0.15) is 0 Å². The van der Waals surface area contributed by atoms with Crippen molar-refractivity contribution in [3.63, 3.8) is 0 Å². The van der Waals surface area contributed by atoms with Gasteiger partial charge in [-0.3, -0.25) is 9.59 Å². The van der Waals surface area contributed by atoms with Crippen molar-refractivity contribution >= 4 is 11.6 Å². The number of nitrogens with one attached hydrogen (secondary N) is 1. The molecule has 6 nitrogen and oxygen atoms in total. The fourth-order valence-corrected chi connectivity index (χ4v) is 3.87. The number of anilines is 1. The molecule has 144 valence electrons. The summed E-state index contributed by atoms with van der Waals surface area (Å²) in [6, 6.07) is 5.89. The molecule has 2 heterocycles. The molecule has 27 heavy (non-hydrogen) atoms. The maximum absolute atomic E-state index is 12.7. The number of aromatic nitrogens is 2. The van der Waals surface area contributed by atoms with Crippen LogP contribution in [0.1, 0.15) is 35.1 Å². The van der Waals surface area contributed by atoms with Crippen molar-refractivity contribution in [2.75, 3.05) is 18.0 Å². The van der Waals surface area contributed by atoms with Crippen molar-refractivity contribution in [2.24, 2.45) is 13.0 Å². The molecule has 0 spiro atoms. The average Bonchev–Trinajstić information content (AvgIpc) is 2.63. The molecule has 1 amide bonds. The van der Waals surface area contributed by atoms with Gasteiger partial charge in [0.05, 0.1) is 17.8 Å². The fourth-order valence-electron chi connectivity index (χ4n) is 3.87. The molecule has 1 aliphatic heterocycles. The van der Waals surface area contributed by atoms with Crippen LogP contribution in [0, 0.1) is 26.7 Å². The van der Waals surface area contributed by atoms with Gasteiger partial charge >= 0.3 is 0 Å². The maximum atomic E-state index is 12.7. The molecule has 1 N–H and O–H groups in total. The smallest absolute Gasteiger partial charge is 0.268 e. The number of amides is 1. The molecule has 0 saturated carbocycles. The quantitative estimate of drug-likeness (QED) is 0.899. The summed E-state index contributed by atoms with van der Waals surface area (Å²) in [5.41, 5.74) is 5.52. The third-order valence-electron chi connectivity index (χ3n) is 5.39. The van der Waals surface area contributed by atoms with Gasteiger partial charge in [0.25, 0.3) is 5.56 Å². The van der Waals surface area contributed by atoms with Gasteiger partial charge in [-0.1, -0.05) is 17.7 Å². The Hall–Kier alpha value is -2.63. The minimum Gasteiger partial charge on any atom is -0.369 e. The molecule has 1 aromatic heterocycles. The predicted octanol–water partition coefficient (Wildman–Crippen LogP) is 2.24. The Morgan fingerprint density at radius 3 is 2.59 bits per heavy atom. The molecule has 1 saturated heterocycles. The lowest BCUT2D eigenvalue weighted by atomic mass is 9.96. The van der Waals surface area contributed by atoms with Crippen molar-refractivity contribution in [2.45, 2.75) is 40.2 Å². The highest BCUT2D eigenvalue weighted by Gasteiger charge is 2.26. The normalized spacial score (nSPS) is 17.0. The van der Waals surface area contributed by atoms with E-state index in [-0.39, 0.29) is 17.4 Å². The van der Waals surface area contributed by atoms with Crippen molar-refractivity contribution in [3.8, 4) is 0 Å². The molecule has 3 rings (SSSR count). The Morgan fingerprint density at radius 2 is 1.93 bits per heavy atom. The predicted molar refractivity (Wildman–Crippen MR) is 107 cm³/mol. The number of aryl methyl sites for hydroxylation is 4. The van der Waals surface area contributed by atoms with Crippen molar-refractivity contribution in [1.29, 1.82) is 0 Å². The van der Waals surface area contributed by atoms with E-state index >= 15 is 0 Å². The molecule has 0 bridgehead atoms. The van der Waals surface area contributed by atoms with E-state index in [0.29, 0.717) is 13.1 Å². The average molecular weight is 368 g/mol. The second-order valence-corrected chi connectivity index (χ2v) is 7.56. The Bertz CT molecular complexity index is 880.